The Morgan fingerprint density at radius 2 is 2.12 bits per heavy atom. The van der Waals surface area contributed by atoms with E-state index in [-0.39, 0.29) is 0 Å². The third kappa shape index (κ3) is 3.30. The third-order valence-electron chi connectivity index (χ3n) is 3.43. The summed E-state index contributed by atoms with van der Waals surface area (Å²) in [6.07, 6.45) is 2.31. The molecule has 0 spiro atoms. The number of benzene rings is 1. The molecule has 3 heteroatoms. The first-order valence-electron chi connectivity index (χ1n) is 6.20. The van der Waals surface area contributed by atoms with Gasteiger partial charge in [-0.1, -0.05) is 19.1 Å². The number of carbonyl (C=O) groups is 1. The van der Waals surface area contributed by atoms with Crippen LogP contribution in [0.3, 0.4) is 0 Å². The van der Waals surface area contributed by atoms with Crippen LogP contribution in [-0.4, -0.2) is 35.6 Å². The molecule has 0 radical (unpaired) electrons. The fraction of sp³-hybridized carbons (Fsp3) is 0.500. The molecule has 1 fully saturated rings. The van der Waals surface area contributed by atoms with Gasteiger partial charge in [0.05, 0.1) is 5.56 Å². The highest BCUT2D eigenvalue weighted by Crippen LogP contribution is 2.15. The molecule has 1 aliphatic heterocycles. The molecule has 1 heterocycles. The Kier molecular flexibility index (Phi) is 3.79. The molecule has 0 amide bonds. The van der Waals surface area contributed by atoms with Crippen LogP contribution in [0.2, 0.25) is 0 Å². The molecule has 0 saturated carbocycles. The van der Waals surface area contributed by atoms with Gasteiger partial charge in [-0.2, -0.15) is 0 Å². The van der Waals surface area contributed by atoms with E-state index in [1.165, 1.54) is 25.1 Å². The molecule has 3 nitrogen and oxygen atoms in total. The van der Waals surface area contributed by atoms with Crippen molar-refractivity contribution in [3.63, 3.8) is 0 Å². The van der Waals surface area contributed by atoms with E-state index in [0.29, 0.717) is 5.56 Å². The summed E-state index contributed by atoms with van der Waals surface area (Å²) in [5.74, 6) is -0.0331. The molecule has 1 unspecified atom stereocenters. The van der Waals surface area contributed by atoms with Crippen molar-refractivity contribution in [1.29, 1.82) is 0 Å². The maximum absolute atomic E-state index is 10.7. The van der Waals surface area contributed by atoms with Crippen LogP contribution in [0.5, 0.6) is 0 Å². The van der Waals surface area contributed by atoms with Crippen molar-refractivity contribution in [3.8, 4) is 0 Å². The lowest BCUT2D eigenvalue weighted by atomic mass is 10.1. The van der Waals surface area contributed by atoms with Crippen molar-refractivity contribution in [1.82, 2.24) is 4.90 Å². The van der Waals surface area contributed by atoms with Gasteiger partial charge in [-0.25, -0.2) is 4.79 Å². The molecule has 2 rings (SSSR count). The van der Waals surface area contributed by atoms with E-state index in [0.717, 1.165) is 18.9 Å². The number of aromatic carboxylic acids is 1. The molecule has 92 valence electrons. The Labute approximate surface area is 102 Å². The average Bonchev–Trinajstić information content (AvgIpc) is 2.73. The van der Waals surface area contributed by atoms with Crippen LogP contribution in [0.25, 0.3) is 0 Å². The van der Waals surface area contributed by atoms with E-state index in [2.05, 4.69) is 11.8 Å². The first-order chi connectivity index (χ1) is 8.15. The van der Waals surface area contributed by atoms with Gasteiger partial charge in [0.1, 0.15) is 0 Å². The summed E-state index contributed by atoms with van der Waals surface area (Å²) in [5.41, 5.74) is 1.58. The highest BCUT2D eigenvalue weighted by atomic mass is 16.4. The highest BCUT2D eigenvalue weighted by Gasteiger charge is 2.17. The summed E-state index contributed by atoms with van der Waals surface area (Å²) in [4.78, 5) is 13.2. The first kappa shape index (κ1) is 12.1. The lowest BCUT2D eigenvalue weighted by Crippen LogP contribution is -2.23. The average molecular weight is 233 g/mol. The van der Waals surface area contributed by atoms with Gasteiger partial charge in [-0.3, -0.25) is 0 Å². The van der Waals surface area contributed by atoms with Crippen LogP contribution >= 0.6 is 0 Å². The fourth-order valence-corrected chi connectivity index (χ4v) is 2.33. The quantitative estimate of drug-likeness (QED) is 0.867. The molecule has 1 aliphatic rings. The SMILES string of the molecule is CC1CCN(CCc2ccc(C(=O)O)cc2)C1. The van der Waals surface area contributed by atoms with Crippen LogP contribution < -0.4 is 0 Å². The van der Waals surface area contributed by atoms with Crippen molar-refractivity contribution < 1.29 is 9.90 Å². The van der Waals surface area contributed by atoms with Gasteiger partial charge in [0.25, 0.3) is 0 Å². The number of carboxylic acid groups (broad SMARTS) is 1. The largest absolute Gasteiger partial charge is 0.478 e. The van der Waals surface area contributed by atoms with Crippen molar-refractivity contribution in [2.75, 3.05) is 19.6 Å². The van der Waals surface area contributed by atoms with Gasteiger partial charge in [0, 0.05) is 13.1 Å². The molecule has 1 N–H and O–H groups in total. The Balaban J connectivity index is 1.85. The molecule has 1 aromatic rings. The normalized spacial score (nSPS) is 20.6. The van der Waals surface area contributed by atoms with Gasteiger partial charge in [0.15, 0.2) is 0 Å². The summed E-state index contributed by atoms with van der Waals surface area (Å²) >= 11 is 0. The van der Waals surface area contributed by atoms with Crippen LogP contribution in [0.1, 0.15) is 29.3 Å². The van der Waals surface area contributed by atoms with Gasteiger partial charge >= 0.3 is 5.97 Å². The topological polar surface area (TPSA) is 40.5 Å². The van der Waals surface area contributed by atoms with E-state index < -0.39 is 5.97 Å². The predicted molar refractivity (Wildman–Crippen MR) is 67.3 cm³/mol. The lowest BCUT2D eigenvalue weighted by molar-refractivity contribution is 0.0697. The van der Waals surface area contributed by atoms with Crippen LogP contribution in [0.15, 0.2) is 24.3 Å². The zero-order valence-electron chi connectivity index (χ0n) is 10.2. The zero-order valence-corrected chi connectivity index (χ0v) is 10.2. The van der Waals surface area contributed by atoms with Crippen molar-refractivity contribution in [2.45, 2.75) is 19.8 Å². The molecular weight excluding hydrogens is 214 g/mol. The number of nitrogens with zero attached hydrogens (tertiary/aromatic N) is 1. The molecule has 0 bridgehead atoms. The zero-order chi connectivity index (χ0) is 12.3. The van der Waals surface area contributed by atoms with Crippen molar-refractivity contribution in [2.24, 2.45) is 5.92 Å². The first-order valence-corrected chi connectivity index (χ1v) is 6.20. The Morgan fingerprint density at radius 3 is 2.65 bits per heavy atom. The molecule has 0 aliphatic carbocycles. The van der Waals surface area contributed by atoms with E-state index in [1.54, 1.807) is 12.1 Å². The summed E-state index contributed by atoms with van der Waals surface area (Å²) in [6.45, 7) is 5.78. The summed E-state index contributed by atoms with van der Waals surface area (Å²) in [7, 11) is 0. The van der Waals surface area contributed by atoms with Crippen LogP contribution in [0.4, 0.5) is 0 Å². The molecule has 17 heavy (non-hydrogen) atoms. The highest BCUT2D eigenvalue weighted by molar-refractivity contribution is 5.87. The van der Waals surface area contributed by atoms with Gasteiger partial charge in [0.2, 0.25) is 0 Å². The third-order valence-corrected chi connectivity index (χ3v) is 3.43. The molecule has 1 atom stereocenters. The summed E-state index contributed by atoms with van der Waals surface area (Å²) in [5, 5.41) is 8.80. The van der Waals surface area contributed by atoms with Crippen LogP contribution in [0, 0.1) is 5.92 Å². The van der Waals surface area contributed by atoms with Gasteiger partial charge in [-0.05, 0) is 43.0 Å². The maximum atomic E-state index is 10.7. The predicted octanol–water partition coefficient (Wildman–Crippen LogP) is 2.27. The minimum absolute atomic E-state index is 0.364. The van der Waals surface area contributed by atoms with E-state index in [1.807, 2.05) is 12.1 Å². The molecule has 1 saturated heterocycles. The van der Waals surface area contributed by atoms with Crippen LogP contribution in [-0.2, 0) is 6.42 Å². The van der Waals surface area contributed by atoms with Gasteiger partial charge < -0.3 is 10.0 Å². The van der Waals surface area contributed by atoms with E-state index in [4.69, 9.17) is 5.11 Å². The van der Waals surface area contributed by atoms with E-state index >= 15 is 0 Å². The Bertz CT molecular complexity index is 386. The smallest absolute Gasteiger partial charge is 0.335 e. The Hall–Kier alpha value is -1.35. The summed E-state index contributed by atoms with van der Waals surface area (Å²) in [6, 6.07) is 7.21. The minimum atomic E-state index is -0.857. The number of hydrogen-bond acceptors (Lipinski definition) is 2. The fourth-order valence-electron chi connectivity index (χ4n) is 2.33. The maximum Gasteiger partial charge on any atom is 0.335 e. The van der Waals surface area contributed by atoms with Crippen molar-refractivity contribution in [3.05, 3.63) is 35.4 Å². The number of hydrogen-bond donors (Lipinski definition) is 1. The molecule has 0 aromatic heterocycles. The van der Waals surface area contributed by atoms with E-state index in [9.17, 15) is 4.79 Å². The van der Waals surface area contributed by atoms with Crippen molar-refractivity contribution >= 4 is 5.97 Å². The minimum Gasteiger partial charge on any atom is -0.478 e. The Morgan fingerprint density at radius 1 is 1.41 bits per heavy atom. The standard InChI is InChI=1S/C14H19NO2/c1-11-6-8-15(10-11)9-7-12-2-4-13(5-3-12)14(16)17/h2-5,11H,6-10H2,1H3,(H,16,17). The monoisotopic (exact) mass is 233 g/mol. The lowest BCUT2D eigenvalue weighted by Gasteiger charge is -2.14. The second-order valence-corrected chi connectivity index (χ2v) is 4.95. The number of rotatable bonds is 4. The summed E-state index contributed by atoms with van der Waals surface area (Å²) < 4.78 is 0. The van der Waals surface area contributed by atoms with Gasteiger partial charge in [-0.15, -0.1) is 0 Å². The molecular formula is C14H19NO2. The second kappa shape index (κ2) is 5.32. The second-order valence-electron chi connectivity index (χ2n) is 4.95. The number of likely N-dealkylation sites (tertiary alicyclic amines) is 1. The molecule has 1 aromatic carbocycles. The number of carboxylic acids is 1.